The van der Waals surface area contributed by atoms with Crippen molar-refractivity contribution in [1.82, 2.24) is 0 Å². The van der Waals surface area contributed by atoms with Gasteiger partial charge in [0.25, 0.3) is 0 Å². The van der Waals surface area contributed by atoms with Crippen LogP contribution in [0.2, 0.25) is 0 Å². The van der Waals surface area contributed by atoms with Crippen molar-refractivity contribution in [3.8, 4) is 11.5 Å². The summed E-state index contributed by atoms with van der Waals surface area (Å²) in [6.45, 7) is 4.02. The third-order valence-corrected chi connectivity index (χ3v) is 2.18. The maximum absolute atomic E-state index is 11.4. The molecule has 100 valence electrons. The van der Waals surface area contributed by atoms with Crippen LogP contribution in [-0.2, 0) is 4.74 Å². The quantitative estimate of drug-likeness (QED) is 0.807. The first kappa shape index (κ1) is 14.3. The smallest absolute Gasteiger partial charge is 0.337 e. The number of ether oxygens (including phenoxy) is 3. The largest absolute Gasteiger partial charge is 0.493 e. The number of nitrogens with two attached hydrogens (primary N) is 1. The summed E-state index contributed by atoms with van der Waals surface area (Å²) in [6.07, 6.45) is 0. The van der Waals surface area contributed by atoms with Gasteiger partial charge >= 0.3 is 5.97 Å². The number of hydrogen-bond donors (Lipinski definition) is 1. The molecule has 0 atom stereocenters. The van der Waals surface area contributed by atoms with Crippen LogP contribution < -0.4 is 15.2 Å². The highest BCUT2D eigenvalue weighted by atomic mass is 16.5. The predicted molar refractivity (Wildman–Crippen MR) is 68.1 cm³/mol. The molecule has 0 aromatic heterocycles. The molecule has 0 aliphatic carbocycles. The Morgan fingerprint density at radius 2 is 1.94 bits per heavy atom. The number of carbonyl (C=O) groups is 1. The molecule has 0 saturated heterocycles. The van der Waals surface area contributed by atoms with Crippen molar-refractivity contribution >= 4 is 5.97 Å². The van der Waals surface area contributed by atoms with E-state index in [-0.39, 0.29) is 0 Å². The van der Waals surface area contributed by atoms with Crippen molar-refractivity contribution in [2.24, 2.45) is 5.73 Å². The summed E-state index contributed by atoms with van der Waals surface area (Å²) in [7, 11) is 2.86. The Bertz CT molecular complexity index is 423. The van der Waals surface area contributed by atoms with Gasteiger partial charge in [0.05, 0.1) is 19.8 Å². The topological polar surface area (TPSA) is 70.8 Å². The van der Waals surface area contributed by atoms with Crippen LogP contribution in [0.3, 0.4) is 0 Å². The number of esters is 1. The molecule has 0 radical (unpaired) electrons. The SMILES string of the molecule is COC(=O)c1ccc(OC)c(OCC(C)(C)N)c1. The summed E-state index contributed by atoms with van der Waals surface area (Å²) in [5.74, 6) is 0.598. The molecule has 1 aromatic rings. The maximum Gasteiger partial charge on any atom is 0.337 e. The van der Waals surface area contributed by atoms with Gasteiger partial charge in [-0.1, -0.05) is 0 Å². The highest BCUT2D eigenvalue weighted by Crippen LogP contribution is 2.28. The maximum atomic E-state index is 11.4. The lowest BCUT2D eigenvalue weighted by molar-refractivity contribution is 0.0600. The third-order valence-electron chi connectivity index (χ3n) is 2.18. The van der Waals surface area contributed by atoms with E-state index in [2.05, 4.69) is 4.74 Å². The average Bonchev–Trinajstić information content (AvgIpc) is 2.34. The molecule has 0 aliphatic rings. The molecule has 5 nitrogen and oxygen atoms in total. The Morgan fingerprint density at radius 1 is 1.28 bits per heavy atom. The van der Waals surface area contributed by atoms with Crippen LogP contribution >= 0.6 is 0 Å². The van der Waals surface area contributed by atoms with Gasteiger partial charge in [0.2, 0.25) is 0 Å². The summed E-state index contributed by atoms with van der Waals surface area (Å²) < 4.78 is 15.4. The highest BCUT2D eigenvalue weighted by molar-refractivity contribution is 5.90. The Morgan fingerprint density at radius 3 is 2.44 bits per heavy atom. The minimum absolute atomic E-state index is 0.313. The Hall–Kier alpha value is -1.75. The summed E-state index contributed by atoms with van der Waals surface area (Å²) in [5, 5.41) is 0. The van der Waals surface area contributed by atoms with Gasteiger partial charge in [-0.15, -0.1) is 0 Å². The van der Waals surface area contributed by atoms with E-state index in [1.807, 2.05) is 13.8 Å². The Kier molecular flexibility index (Phi) is 4.55. The number of benzene rings is 1. The van der Waals surface area contributed by atoms with E-state index < -0.39 is 11.5 Å². The van der Waals surface area contributed by atoms with Crippen molar-refractivity contribution in [1.29, 1.82) is 0 Å². The van der Waals surface area contributed by atoms with Crippen molar-refractivity contribution in [2.75, 3.05) is 20.8 Å². The second kappa shape index (κ2) is 5.73. The first-order valence-electron chi connectivity index (χ1n) is 5.55. The van der Waals surface area contributed by atoms with Crippen molar-refractivity contribution in [3.63, 3.8) is 0 Å². The van der Waals surface area contributed by atoms with E-state index in [9.17, 15) is 4.79 Å². The van der Waals surface area contributed by atoms with Crippen LogP contribution in [0, 0.1) is 0 Å². The molecule has 5 heteroatoms. The number of carbonyl (C=O) groups excluding carboxylic acids is 1. The van der Waals surface area contributed by atoms with Gasteiger partial charge in [0.1, 0.15) is 6.61 Å². The molecular formula is C13H19NO4. The van der Waals surface area contributed by atoms with Gasteiger partial charge in [-0.2, -0.15) is 0 Å². The lowest BCUT2D eigenvalue weighted by Gasteiger charge is -2.20. The van der Waals surface area contributed by atoms with Gasteiger partial charge in [-0.25, -0.2) is 4.79 Å². The molecule has 0 amide bonds. The minimum Gasteiger partial charge on any atom is -0.493 e. The van der Waals surface area contributed by atoms with E-state index in [1.54, 1.807) is 18.2 Å². The molecule has 0 fully saturated rings. The zero-order valence-corrected chi connectivity index (χ0v) is 11.1. The monoisotopic (exact) mass is 253 g/mol. The lowest BCUT2D eigenvalue weighted by atomic mass is 10.1. The first-order valence-corrected chi connectivity index (χ1v) is 5.55. The van der Waals surface area contributed by atoms with Crippen LogP contribution in [0.4, 0.5) is 0 Å². The zero-order valence-electron chi connectivity index (χ0n) is 11.1. The molecule has 2 N–H and O–H groups in total. The molecule has 0 aliphatic heterocycles. The Balaban J connectivity index is 2.95. The third kappa shape index (κ3) is 3.92. The second-order valence-corrected chi connectivity index (χ2v) is 4.63. The first-order chi connectivity index (χ1) is 8.37. The van der Waals surface area contributed by atoms with Crippen molar-refractivity contribution < 1.29 is 19.0 Å². The van der Waals surface area contributed by atoms with E-state index in [0.29, 0.717) is 23.7 Å². The van der Waals surface area contributed by atoms with Crippen LogP contribution in [0.5, 0.6) is 11.5 Å². The molecule has 18 heavy (non-hydrogen) atoms. The number of rotatable bonds is 5. The van der Waals surface area contributed by atoms with Gasteiger partial charge in [0, 0.05) is 5.54 Å². The fraction of sp³-hybridized carbons (Fsp3) is 0.462. The fourth-order valence-electron chi connectivity index (χ4n) is 1.30. The standard InChI is InChI=1S/C13H19NO4/c1-13(2,14)8-18-11-7-9(12(15)17-4)5-6-10(11)16-3/h5-7H,8,14H2,1-4H3. The van der Waals surface area contributed by atoms with Crippen molar-refractivity contribution in [2.45, 2.75) is 19.4 Å². The van der Waals surface area contributed by atoms with Crippen LogP contribution in [0.1, 0.15) is 24.2 Å². The molecule has 1 aromatic carbocycles. The Labute approximate surface area is 107 Å². The van der Waals surface area contributed by atoms with Crippen LogP contribution in [0.15, 0.2) is 18.2 Å². The normalized spacial score (nSPS) is 10.9. The molecule has 0 bridgehead atoms. The van der Waals surface area contributed by atoms with Crippen LogP contribution in [-0.4, -0.2) is 32.3 Å². The van der Waals surface area contributed by atoms with Gasteiger partial charge in [-0.05, 0) is 32.0 Å². The van der Waals surface area contributed by atoms with Gasteiger partial charge in [0.15, 0.2) is 11.5 Å². The molecule has 1 rings (SSSR count). The van der Waals surface area contributed by atoms with Crippen LogP contribution in [0.25, 0.3) is 0 Å². The average molecular weight is 253 g/mol. The highest BCUT2D eigenvalue weighted by Gasteiger charge is 2.15. The summed E-state index contributed by atoms with van der Waals surface area (Å²) in [6, 6.07) is 4.85. The summed E-state index contributed by atoms with van der Waals surface area (Å²) >= 11 is 0. The van der Waals surface area contributed by atoms with E-state index in [1.165, 1.54) is 14.2 Å². The van der Waals surface area contributed by atoms with Gasteiger partial charge in [-0.3, -0.25) is 0 Å². The number of hydrogen-bond acceptors (Lipinski definition) is 5. The molecule has 0 spiro atoms. The fourth-order valence-corrected chi connectivity index (χ4v) is 1.30. The zero-order chi connectivity index (χ0) is 13.8. The van der Waals surface area contributed by atoms with E-state index >= 15 is 0 Å². The predicted octanol–water partition coefficient (Wildman–Crippen LogP) is 1.60. The summed E-state index contributed by atoms with van der Waals surface area (Å²) in [5.41, 5.74) is 5.78. The minimum atomic E-state index is -0.466. The van der Waals surface area contributed by atoms with Gasteiger partial charge < -0.3 is 19.9 Å². The molecule has 0 unspecified atom stereocenters. The molecular weight excluding hydrogens is 234 g/mol. The number of methoxy groups -OCH3 is 2. The molecule has 0 saturated carbocycles. The second-order valence-electron chi connectivity index (χ2n) is 4.63. The van der Waals surface area contributed by atoms with E-state index in [0.717, 1.165) is 0 Å². The summed E-state index contributed by atoms with van der Waals surface area (Å²) in [4.78, 5) is 11.4. The lowest BCUT2D eigenvalue weighted by Crippen LogP contribution is -2.38. The van der Waals surface area contributed by atoms with Crippen molar-refractivity contribution in [3.05, 3.63) is 23.8 Å². The van der Waals surface area contributed by atoms with E-state index in [4.69, 9.17) is 15.2 Å². The molecule has 0 heterocycles.